The SMILES string of the molecule is CCCCCC/C=C/CCCCCCCCCCCC(=O)O[C@H](COC(=O)CCCCCCCCCCCCC)CO[C@@H]1O[C@H](CO)[C@H](O)C(O)C1O. The predicted molar refractivity (Wildman–Crippen MR) is 210 cm³/mol. The molecule has 1 rings (SSSR count). The van der Waals surface area contributed by atoms with E-state index in [1.54, 1.807) is 0 Å². The number of carbonyl (C=O) groups excluding carboxylic acids is 2. The molecule has 0 aromatic heterocycles. The van der Waals surface area contributed by atoms with Gasteiger partial charge < -0.3 is 39.4 Å². The zero-order valence-corrected chi connectivity index (χ0v) is 33.8. The molecule has 1 fully saturated rings. The zero-order valence-electron chi connectivity index (χ0n) is 33.8. The second kappa shape index (κ2) is 34.9. The molecule has 0 saturated carbocycles. The van der Waals surface area contributed by atoms with Crippen molar-refractivity contribution in [2.24, 2.45) is 0 Å². The molecule has 0 bridgehead atoms. The maximum atomic E-state index is 12.7. The van der Waals surface area contributed by atoms with Gasteiger partial charge in [0.15, 0.2) is 12.4 Å². The van der Waals surface area contributed by atoms with Crippen LogP contribution in [0.15, 0.2) is 12.2 Å². The van der Waals surface area contributed by atoms with Gasteiger partial charge in [0.2, 0.25) is 0 Å². The summed E-state index contributed by atoms with van der Waals surface area (Å²) >= 11 is 0. The molecule has 0 aromatic carbocycles. The van der Waals surface area contributed by atoms with E-state index in [-0.39, 0.29) is 32.0 Å². The van der Waals surface area contributed by atoms with Gasteiger partial charge in [0.25, 0.3) is 0 Å². The molecule has 0 radical (unpaired) electrons. The van der Waals surface area contributed by atoms with Gasteiger partial charge in [-0.3, -0.25) is 9.59 Å². The number of aliphatic hydroxyl groups is 4. The molecule has 10 heteroatoms. The molecular weight excluding hydrogens is 676 g/mol. The van der Waals surface area contributed by atoms with E-state index < -0.39 is 49.4 Å². The van der Waals surface area contributed by atoms with Gasteiger partial charge in [-0.1, -0.05) is 154 Å². The number of rotatable bonds is 36. The topological polar surface area (TPSA) is 152 Å². The first-order valence-electron chi connectivity index (χ1n) is 21.8. The highest BCUT2D eigenvalue weighted by Gasteiger charge is 2.44. The summed E-state index contributed by atoms with van der Waals surface area (Å²) < 4.78 is 22.1. The van der Waals surface area contributed by atoms with E-state index in [2.05, 4.69) is 26.0 Å². The van der Waals surface area contributed by atoms with Crippen molar-refractivity contribution in [3.8, 4) is 0 Å². The van der Waals surface area contributed by atoms with E-state index in [0.29, 0.717) is 6.42 Å². The fourth-order valence-corrected chi connectivity index (χ4v) is 6.65. The van der Waals surface area contributed by atoms with Crippen LogP contribution >= 0.6 is 0 Å². The lowest BCUT2D eigenvalue weighted by Gasteiger charge is -2.39. The molecular formula is C43H80O10. The van der Waals surface area contributed by atoms with Crippen LogP contribution in [0.3, 0.4) is 0 Å². The third-order valence-electron chi connectivity index (χ3n) is 10.2. The lowest BCUT2D eigenvalue weighted by molar-refractivity contribution is -0.305. The normalized spacial score (nSPS) is 20.9. The van der Waals surface area contributed by atoms with Crippen molar-refractivity contribution < 1.29 is 49.0 Å². The van der Waals surface area contributed by atoms with E-state index in [1.165, 1.54) is 122 Å². The summed E-state index contributed by atoms with van der Waals surface area (Å²) in [6.07, 6.45) is 27.9. The monoisotopic (exact) mass is 757 g/mol. The maximum absolute atomic E-state index is 12.7. The number of allylic oxidation sites excluding steroid dienone is 2. The van der Waals surface area contributed by atoms with E-state index in [9.17, 15) is 30.0 Å². The van der Waals surface area contributed by atoms with Crippen molar-refractivity contribution >= 4 is 11.9 Å². The molecule has 0 aromatic rings. The van der Waals surface area contributed by atoms with E-state index in [1.807, 2.05) is 0 Å². The van der Waals surface area contributed by atoms with Crippen molar-refractivity contribution in [1.82, 2.24) is 0 Å². The predicted octanol–water partition coefficient (Wildman–Crippen LogP) is 8.78. The van der Waals surface area contributed by atoms with Crippen molar-refractivity contribution in [1.29, 1.82) is 0 Å². The van der Waals surface area contributed by atoms with Gasteiger partial charge in [-0.25, -0.2) is 0 Å². The van der Waals surface area contributed by atoms with Crippen molar-refractivity contribution in [3.63, 3.8) is 0 Å². The van der Waals surface area contributed by atoms with Crippen LogP contribution in [-0.4, -0.2) is 89.0 Å². The van der Waals surface area contributed by atoms with Crippen LogP contribution in [0.2, 0.25) is 0 Å². The van der Waals surface area contributed by atoms with E-state index >= 15 is 0 Å². The van der Waals surface area contributed by atoms with Crippen LogP contribution in [0, 0.1) is 0 Å². The summed E-state index contributed by atoms with van der Waals surface area (Å²) in [6.45, 7) is 3.41. The highest BCUT2D eigenvalue weighted by atomic mass is 16.7. The Morgan fingerprint density at radius 1 is 0.566 bits per heavy atom. The standard InChI is InChI=1S/C43H80O10/c1-3-5-7-9-11-13-15-16-17-18-19-20-22-24-26-28-30-32-39(46)52-36(35-51-43-42(49)41(48)40(47)37(33-44)53-43)34-50-38(45)31-29-27-25-23-21-14-12-10-8-6-4-2/h13,15,36-37,40-44,47-49H,3-12,14,16-35H2,1-2H3/b15-13+/t36-,37-,40+,41?,42?,43-/m1/s1. The second-order valence-corrected chi connectivity index (χ2v) is 15.2. The summed E-state index contributed by atoms with van der Waals surface area (Å²) in [5.41, 5.74) is 0. The average Bonchev–Trinajstić information content (AvgIpc) is 3.15. The van der Waals surface area contributed by atoms with Gasteiger partial charge in [0.1, 0.15) is 31.0 Å². The van der Waals surface area contributed by atoms with Gasteiger partial charge >= 0.3 is 11.9 Å². The summed E-state index contributed by atoms with van der Waals surface area (Å²) in [5, 5.41) is 40.0. The highest BCUT2D eigenvalue weighted by Crippen LogP contribution is 2.23. The average molecular weight is 757 g/mol. The molecule has 4 N–H and O–H groups in total. The molecule has 312 valence electrons. The Kier molecular flexibility index (Phi) is 32.6. The molecule has 6 atom stereocenters. The van der Waals surface area contributed by atoms with Crippen LogP contribution in [0.4, 0.5) is 0 Å². The molecule has 10 nitrogen and oxygen atoms in total. The third-order valence-corrected chi connectivity index (χ3v) is 10.2. The maximum Gasteiger partial charge on any atom is 0.306 e. The first-order valence-corrected chi connectivity index (χ1v) is 21.8. The molecule has 1 heterocycles. The molecule has 53 heavy (non-hydrogen) atoms. The number of esters is 2. The smallest absolute Gasteiger partial charge is 0.306 e. The van der Waals surface area contributed by atoms with Crippen molar-refractivity contribution in [3.05, 3.63) is 12.2 Å². The number of unbranched alkanes of at least 4 members (excludes halogenated alkanes) is 23. The minimum atomic E-state index is -1.59. The van der Waals surface area contributed by atoms with Crippen LogP contribution in [0.5, 0.6) is 0 Å². The number of ether oxygens (including phenoxy) is 4. The van der Waals surface area contributed by atoms with E-state index in [4.69, 9.17) is 18.9 Å². The minimum Gasteiger partial charge on any atom is -0.462 e. The highest BCUT2D eigenvalue weighted by molar-refractivity contribution is 5.70. The summed E-state index contributed by atoms with van der Waals surface area (Å²) in [4.78, 5) is 25.2. The number of aliphatic hydroxyl groups excluding tert-OH is 4. The number of hydrogen-bond acceptors (Lipinski definition) is 10. The van der Waals surface area contributed by atoms with Gasteiger partial charge in [-0.05, 0) is 38.5 Å². The van der Waals surface area contributed by atoms with Crippen molar-refractivity contribution in [2.45, 2.75) is 230 Å². The Bertz CT molecular complexity index is 881. The van der Waals surface area contributed by atoms with Gasteiger partial charge in [-0.15, -0.1) is 0 Å². The van der Waals surface area contributed by atoms with E-state index in [0.717, 1.165) is 38.5 Å². The second-order valence-electron chi connectivity index (χ2n) is 15.2. The molecule has 0 spiro atoms. The molecule has 1 saturated heterocycles. The Labute approximate surface area is 322 Å². The first kappa shape index (κ1) is 49.5. The van der Waals surface area contributed by atoms with Gasteiger partial charge in [0, 0.05) is 12.8 Å². The number of carbonyl (C=O) groups is 2. The van der Waals surface area contributed by atoms with Gasteiger partial charge in [0.05, 0.1) is 13.2 Å². The van der Waals surface area contributed by atoms with Crippen LogP contribution in [0.25, 0.3) is 0 Å². The zero-order chi connectivity index (χ0) is 38.8. The molecule has 1 aliphatic heterocycles. The third kappa shape index (κ3) is 26.8. The quantitative estimate of drug-likeness (QED) is 0.0277. The Morgan fingerprint density at radius 2 is 1.00 bits per heavy atom. The lowest BCUT2D eigenvalue weighted by atomic mass is 9.99. The van der Waals surface area contributed by atoms with Crippen LogP contribution in [0.1, 0.15) is 194 Å². The number of hydrogen-bond donors (Lipinski definition) is 4. The molecule has 2 unspecified atom stereocenters. The molecule has 0 amide bonds. The fourth-order valence-electron chi connectivity index (χ4n) is 6.65. The first-order chi connectivity index (χ1) is 25.8. The summed E-state index contributed by atoms with van der Waals surface area (Å²) in [6, 6.07) is 0. The van der Waals surface area contributed by atoms with Crippen molar-refractivity contribution in [2.75, 3.05) is 19.8 Å². The largest absolute Gasteiger partial charge is 0.462 e. The fraction of sp³-hybridized carbons (Fsp3) is 0.907. The molecule has 1 aliphatic rings. The minimum absolute atomic E-state index is 0.213. The Morgan fingerprint density at radius 3 is 1.49 bits per heavy atom. The summed E-state index contributed by atoms with van der Waals surface area (Å²) in [5.74, 6) is -0.802. The Hall–Kier alpha value is -1.56. The molecule has 0 aliphatic carbocycles. The lowest BCUT2D eigenvalue weighted by Crippen LogP contribution is -2.59. The van der Waals surface area contributed by atoms with Gasteiger partial charge in [-0.2, -0.15) is 0 Å². The van der Waals surface area contributed by atoms with Crippen LogP contribution < -0.4 is 0 Å². The summed E-state index contributed by atoms with van der Waals surface area (Å²) in [7, 11) is 0. The Balaban J connectivity index is 2.33. The van der Waals surface area contributed by atoms with Crippen LogP contribution in [-0.2, 0) is 28.5 Å².